The standard InChI is InChI=1S/C30H15ClF10O/c1-2-3-12-6-19(32)24(20(33)7-12)16-9-13-4-5-17(26(36)23(13)29(39)25(16)35)30(40,41)42-15-8-14-10-21(34)27(37)28(38)22(14)18(31)11-15/h4-11H,2-3H2,1H3. The fraction of sp³-hybridized carbons (Fsp3) is 0.133. The summed E-state index contributed by atoms with van der Waals surface area (Å²) in [5.41, 5.74) is -3.12. The van der Waals surface area contributed by atoms with Crippen molar-refractivity contribution in [1.82, 2.24) is 0 Å². The van der Waals surface area contributed by atoms with Crippen LogP contribution in [0.25, 0.3) is 32.7 Å². The van der Waals surface area contributed by atoms with Crippen LogP contribution in [0.1, 0.15) is 24.5 Å². The molecule has 12 heteroatoms. The van der Waals surface area contributed by atoms with Crippen molar-refractivity contribution in [3.63, 3.8) is 0 Å². The Bertz CT molecular complexity index is 1880. The van der Waals surface area contributed by atoms with Crippen LogP contribution in [0.4, 0.5) is 43.9 Å². The Morgan fingerprint density at radius 2 is 1.31 bits per heavy atom. The molecule has 0 N–H and O–H groups in total. The largest absolute Gasteiger partial charge is 0.429 e. The van der Waals surface area contributed by atoms with E-state index in [0.717, 1.165) is 18.2 Å². The maximum Gasteiger partial charge on any atom is 0.429 e. The van der Waals surface area contributed by atoms with Crippen molar-refractivity contribution < 1.29 is 48.6 Å². The first kappa shape index (κ1) is 29.5. The molecule has 0 saturated heterocycles. The molecule has 5 rings (SSSR count). The molecule has 42 heavy (non-hydrogen) atoms. The minimum Gasteiger partial charge on any atom is -0.429 e. The Labute approximate surface area is 235 Å². The van der Waals surface area contributed by atoms with Crippen LogP contribution in [0.2, 0.25) is 5.02 Å². The number of fused-ring (bicyclic) bond motifs is 2. The van der Waals surface area contributed by atoms with Crippen LogP contribution in [0.5, 0.6) is 5.75 Å². The maximum absolute atomic E-state index is 15.3. The first-order valence-corrected chi connectivity index (χ1v) is 12.6. The highest BCUT2D eigenvalue weighted by Gasteiger charge is 2.39. The summed E-state index contributed by atoms with van der Waals surface area (Å²) < 4.78 is 151. The van der Waals surface area contributed by atoms with Gasteiger partial charge in [-0.3, -0.25) is 0 Å². The summed E-state index contributed by atoms with van der Waals surface area (Å²) in [4.78, 5) is 0. The number of hydrogen-bond donors (Lipinski definition) is 0. The molecule has 5 aromatic carbocycles. The molecule has 0 aliphatic heterocycles. The SMILES string of the molecule is CCCc1cc(F)c(-c2cc3ccc(C(F)(F)Oc4cc(Cl)c5c(F)c(F)c(F)cc5c4)c(F)c3c(F)c2F)c(F)c1. The normalized spacial score (nSPS) is 12.0. The molecule has 218 valence electrons. The summed E-state index contributed by atoms with van der Waals surface area (Å²) in [6.07, 6.45) is -3.73. The molecule has 0 heterocycles. The molecule has 1 nitrogen and oxygen atoms in total. The van der Waals surface area contributed by atoms with Gasteiger partial charge in [-0.25, -0.2) is 35.1 Å². The Hall–Kier alpha value is -3.99. The minimum atomic E-state index is -4.60. The lowest BCUT2D eigenvalue weighted by atomic mass is 9.95. The van der Waals surface area contributed by atoms with Crippen molar-refractivity contribution in [1.29, 1.82) is 0 Å². The lowest BCUT2D eigenvalue weighted by Gasteiger charge is -2.21. The van der Waals surface area contributed by atoms with Crippen LogP contribution in [-0.4, -0.2) is 0 Å². The third-order valence-electron chi connectivity index (χ3n) is 6.59. The molecule has 0 aromatic heterocycles. The number of rotatable bonds is 6. The summed E-state index contributed by atoms with van der Waals surface area (Å²) in [6.45, 7) is 1.76. The van der Waals surface area contributed by atoms with Crippen LogP contribution in [-0.2, 0) is 12.5 Å². The van der Waals surface area contributed by atoms with Crippen LogP contribution in [0.15, 0.2) is 48.5 Å². The van der Waals surface area contributed by atoms with E-state index in [1.807, 2.05) is 0 Å². The van der Waals surface area contributed by atoms with Gasteiger partial charge in [-0.05, 0) is 65.2 Å². The van der Waals surface area contributed by atoms with E-state index in [0.29, 0.717) is 43.2 Å². The summed E-state index contributed by atoms with van der Waals surface area (Å²) in [5, 5.41) is -3.50. The van der Waals surface area contributed by atoms with Crippen molar-refractivity contribution in [2.75, 3.05) is 0 Å². The molecule has 0 saturated carbocycles. The Morgan fingerprint density at radius 1 is 0.667 bits per heavy atom. The number of benzene rings is 5. The summed E-state index contributed by atoms with van der Waals surface area (Å²) in [7, 11) is 0. The number of hydrogen-bond acceptors (Lipinski definition) is 1. The van der Waals surface area contributed by atoms with Gasteiger partial charge in [0.25, 0.3) is 0 Å². The molecule has 0 amide bonds. The lowest BCUT2D eigenvalue weighted by Crippen LogP contribution is -2.23. The van der Waals surface area contributed by atoms with Gasteiger partial charge in [0, 0.05) is 10.9 Å². The van der Waals surface area contributed by atoms with E-state index >= 15 is 22.0 Å². The lowest BCUT2D eigenvalue weighted by molar-refractivity contribution is -0.187. The summed E-state index contributed by atoms with van der Waals surface area (Å²) in [6, 6.07) is 5.64. The average molecular weight is 617 g/mol. The zero-order chi connectivity index (χ0) is 30.7. The molecule has 0 radical (unpaired) electrons. The Balaban J connectivity index is 1.59. The summed E-state index contributed by atoms with van der Waals surface area (Å²) >= 11 is 5.85. The third-order valence-corrected chi connectivity index (χ3v) is 6.89. The highest BCUT2D eigenvalue weighted by atomic mass is 35.5. The molecule has 0 unspecified atom stereocenters. The van der Waals surface area contributed by atoms with Crippen LogP contribution in [0.3, 0.4) is 0 Å². The van der Waals surface area contributed by atoms with Gasteiger partial charge in [0.1, 0.15) is 28.8 Å². The Kier molecular flexibility index (Phi) is 7.51. The summed E-state index contributed by atoms with van der Waals surface area (Å²) in [5.74, 6) is -14.2. The molecule has 0 bridgehead atoms. The number of aryl methyl sites for hydroxylation is 1. The van der Waals surface area contributed by atoms with Gasteiger partial charge in [-0.2, -0.15) is 8.78 Å². The van der Waals surface area contributed by atoms with E-state index in [-0.39, 0.29) is 5.56 Å². The van der Waals surface area contributed by atoms with Crippen LogP contribution >= 0.6 is 11.6 Å². The van der Waals surface area contributed by atoms with Crippen LogP contribution < -0.4 is 4.74 Å². The first-order valence-electron chi connectivity index (χ1n) is 12.2. The Morgan fingerprint density at radius 3 is 1.95 bits per heavy atom. The predicted molar refractivity (Wildman–Crippen MR) is 137 cm³/mol. The smallest absolute Gasteiger partial charge is 0.429 e. The predicted octanol–water partition coefficient (Wildman–Crippen LogP) is 10.5. The van der Waals surface area contributed by atoms with Crippen molar-refractivity contribution >= 4 is 33.1 Å². The average Bonchev–Trinajstić information content (AvgIpc) is 2.89. The molecule has 0 spiro atoms. The fourth-order valence-corrected chi connectivity index (χ4v) is 5.03. The van der Waals surface area contributed by atoms with Gasteiger partial charge in [-0.15, -0.1) is 0 Å². The van der Waals surface area contributed by atoms with Gasteiger partial charge >= 0.3 is 6.11 Å². The molecule has 0 atom stereocenters. The molecule has 0 fully saturated rings. The molecular formula is C30H15ClF10O. The second-order valence-electron chi connectivity index (χ2n) is 9.37. The second kappa shape index (κ2) is 10.7. The van der Waals surface area contributed by atoms with Gasteiger partial charge in [0.15, 0.2) is 29.1 Å². The maximum atomic E-state index is 15.3. The van der Waals surface area contributed by atoms with Crippen molar-refractivity contribution in [3.8, 4) is 16.9 Å². The van der Waals surface area contributed by atoms with Crippen LogP contribution in [0, 0.1) is 46.5 Å². The third kappa shape index (κ3) is 4.89. The quantitative estimate of drug-likeness (QED) is 0.136. The van der Waals surface area contributed by atoms with E-state index in [2.05, 4.69) is 4.74 Å². The first-order chi connectivity index (χ1) is 19.7. The fourth-order valence-electron chi connectivity index (χ4n) is 4.73. The molecular weight excluding hydrogens is 602 g/mol. The molecule has 5 aromatic rings. The van der Waals surface area contributed by atoms with Gasteiger partial charge in [0.2, 0.25) is 0 Å². The van der Waals surface area contributed by atoms with Gasteiger partial charge < -0.3 is 4.74 Å². The zero-order valence-corrected chi connectivity index (χ0v) is 21.9. The monoisotopic (exact) mass is 616 g/mol. The van der Waals surface area contributed by atoms with Crippen molar-refractivity contribution in [2.45, 2.75) is 25.9 Å². The topological polar surface area (TPSA) is 9.23 Å². The van der Waals surface area contributed by atoms with Gasteiger partial charge in [0.05, 0.1) is 16.0 Å². The highest BCUT2D eigenvalue weighted by molar-refractivity contribution is 6.35. The highest BCUT2D eigenvalue weighted by Crippen LogP contribution is 2.41. The molecule has 0 aliphatic rings. The zero-order valence-electron chi connectivity index (χ0n) is 21.1. The van der Waals surface area contributed by atoms with E-state index in [1.165, 1.54) is 0 Å². The number of ether oxygens (including phenoxy) is 1. The van der Waals surface area contributed by atoms with Gasteiger partial charge in [-0.1, -0.05) is 31.0 Å². The van der Waals surface area contributed by atoms with E-state index in [9.17, 15) is 22.0 Å². The van der Waals surface area contributed by atoms with E-state index in [1.54, 1.807) is 6.92 Å². The van der Waals surface area contributed by atoms with Crippen molar-refractivity contribution in [3.05, 3.63) is 111 Å². The minimum absolute atomic E-state index is 0.269. The number of alkyl halides is 2. The number of halogens is 11. The van der Waals surface area contributed by atoms with E-state index < -0.39 is 102 Å². The van der Waals surface area contributed by atoms with Crippen molar-refractivity contribution in [2.24, 2.45) is 0 Å². The van der Waals surface area contributed by atoms with E-state index in [4.69, 9.17) is 11.6 Å². The second-order valence-corrected chi connectivity index (χ2v) is 9.78. The molecule has 0 aliphatic carbocycles.